The maximum atomic E-state index is 12.0. The van der Waals surface area contributed by atoms with E-state index >= 15 is 0 Å². The number of nitrogens with one attached hydrogen (secondary N) is 1. The van der Waals surface area contributed by atoms with Gasteiger partial charge in [0.15, 0.2) is 0 Å². The average Bonchev–Trinajstić information content (AvgIpc) is 2.37. The van der Waals surface area contributed by atoms with E-state index in [1.54, 1.807) is 25.1 Å². The van der Waals surface area contributed by atoms with Gasteiger partial charge in [0.1, 0.15) is 5.75 Å². The Morgan fingerprint density at radius 3 is 2.72 bits per heavy atom. The quantitative estimate of drug-likeness (QED) is 0.858. The standard InChI is InChI=1S/C13H21N3O2/c1-13(2,9-14)16(3)12(17)15-10-6-5-7-11(8-10)18-4/h5-8H,9,14H2,1-4H3,(H,15,17). The molecule has 3 N–H and O–H groups in total. The Morgan fingerprint density at radius 1 is 1.50 bits per heavy atom. The minimum absolute atomic E-state index is 0.196. The Kier molecular flexibility index (Phi) is 4.55. The van der Waals surface area contributed by atoms with E-state index in [2.05, 4.69) is 5.32 Å². The highest BCUT2D eigenvalue weighted by Gasteiger charge is 2.25. The monoisotopic (exact) mass is 251 g/mol. The van der Waals surface area contributed by atoms with Crippen LogP contribution in [-0.2, 0) is 0 Å². The molecular weight excluding hydrogens is 230 g/mol. The number of ether oxygens (including phenoxy) is 1. The fourth-order valence-electron chi connectivity index (χ4n) is 1.32. The molecule has 0 radical (unpaired) electrons. The third-order valence-electron chi connectivity index (χ3n) is 3.03. The number of hydrogen-bond donors (Lipinski definition) is 2. The summed E-state index contributed by atoms with van der Waals surface area (Å²) in [6.07, 6.45) is 0. The number of rotatable bonds is 4. The van der Waals surface area contributed by atoms with Crippen LogP contribution in [0, 0.1) is 0 Å². The van der Waals surface area contributed by atoms with Gasteiger partial charge in [-0.05, 0) is 26.0 Å². The van der Waals surface area contributed by atoms with Crippen molar-refractivity contribution in [2.24, 2.45) is 5.73 Å². The van der Waals surface area contributed by atoms with Gasteiger partial charge in [-0.3, -0.25) is 0 Å². The van der Waals surface area contributed by atoms with Gasteiger partial charge in [-0.25, -0.2) is 4.79 Å². The van der Waals surface area contributed by atoms with E-state index in [1.807, 2.05) is 32.0 Å². The summed E-state index contributed by atoms with van der Waals surface area (Å²) in [5, 5.41) is 2.81. The molecule has 18 heavy (non-hydrogen) atoms. The number of hydrogen-bond acceptors (Lipinski definition) is 3. The molecule has 1 rings (SSSR count). The highest BCUT2D eigenvalue weighted by atomic mass is 16.5. The maximum Gasteiger partial charge on any atom is 0.322 e. The Morgan fingerprint density at radius 2 is 2.17 bits per heavy atom. The van der Waals surface area contributed by atoms with Gasteiger partial charge < -0.3 is 20.7 Å². The fraction of sp³-hybridized carbons (Fsp3) is 0.462. The Labute approximate surface area is 108 Å². The average molecular weight is 251 g/mol. The van der Waals surface area contributed by atoms with Crippen LogP contribution in [0.4, 0.5) is 10.5 Å². The predicted octanol–water partition coefficient (Wildman–Crippen LogP) is 1.90. The van der Waals surface area contributed by atoms with Crippen LogP contribution in [0.1, 0.15) is 13.8 Å². The molecule has 5 nitrogen and oxygen atoms in total. The maximum absolute atomic E-state index is 12.0. The second-order valence-electron chi connectivity index (χ2n) is 4.74. The van der Waals surface area contributed by atoms with Crippen molar-refractivity contribution in [1.82, 2.24) is 4.90 Å². The minimum atomic E-state index is -0.386. The largest absolute Gasteiger partial charge is 0.497 e. The Hall–Kier alpha value is -1.75. The van der Waals surface area contributed by atoms with Crippen LogP contribution < -0.4 is 15.8 Å². The zero-order chi connectivity index (χ0) is 13.8. The van der Waals surface area contributed by atoms with Gasteiger partial charge in [0.2, 0.25) is 0 Å². The summed E-state index contributed by atoms with van der Waals surface area (Å²) in [6.45, 7) is 4.23. The number of carbonyl (C=O) groups is 1. The molecule has 100 valence electrons. The third kappa shape index (κ3) is 3.37. The van der Waals surface area contributed by atoms with Crippen molar-refractivity contribution < 1.29 is 9.53 Å². The predicted molar refractivity (Wildman–Crippen MR) is 72.9 cm³/mol. The zero-order valence-electron chi connectivity index (χ0n) is 11.4. The Balaban J connectivity index is 2.75. The third-order valence-corrected chi connectivity index (χ3v) is 3.03. The van der Waals surface area contributed by atoms with Gasteiger partial charge in [-0.15, -0.1) is 0 Å². The van der Waals surface area contributed by atoms with Crippen LogP contribution in [-0.4, -0.2) is 37.2 Å². The normalized spacial score (nSPS) is 10.9. The van der Waals surface area contributed by atoms with Crippen molar-refractivity contribution in [3.63, 3.8) is 0 Å². The molecular formula is C13H21N3O2. The van der Waals surface area contributed by atoms with Crippen LogP contribution >= 0.6 is 0 Å². The first-order valence-corrected chi connectivity index (χ1v) is 5.79. The second-order valence-corrected chi connectivity index (χ2v) is 4.74. The van der Waals surface area contributed by atoms with Crippen molar-refractivity contribution in [2.75, 3.05) is 26.0 Å². The number of benzene rings is 1. The summed E-state index contributed by atoms with van der Waals surface area (Å²) in [5.74, 6) is 0.702. The van der Waals surface area contributed by atoms with Crippen LogP contribution in [0.5, 0.6) is 5.75 Å². The lowest BCUT2D eigenvalue weighted by Gasteiger charge is -2.34. The summed E-state index contributed by atoms with van der Waals surface area (Å²) < 4.78 is 5.10. The highest BCUT2D eigenvalue weighted by Crippen LogP contribution is 2.18. The van der Waals surface area contributed by atoms with Gasteiger partial charge >= 0.3 is 6.03 Å². The van der Waals surface area contributed by atoms with Crippen LogP contribution in [0.15, 0.2) is 24.3 Å². The van der Waals surface area contributed by atoms with Crippen LogP contribution in [0.3, 0.4) is 0 Å². The van der Waals surface area contributed by atoms with E-state index < -0.39 is 0 Å². The summed E-state index contributed by atoms with van der Waals surface area (Å²) in [7, 11) is 3.31. The summed E-state index contributed by atoms with van der Waals surface area (Å²) in [6, 6.07) is 7.02. The molecule has 0 aliphatic heterocycles. The molecule has 0 aromatic heterocycles. The SMILES string of the molecule is COc1cccc(NC(=O)N(C)C(C)(C)CN)c1. The second kappa shape index (κ2) is 5.73. The molecule has 0 fully saturated rings. The van der Waals surface area contributed by atoms with Gasteiger partial charge in [0, 0.05) is 25.3 Å². The molecule has 0 atom stereocenters. The molecule has 0 aliphatic carbocycles. The molecule has 5 heteroatoms. The fourth-order valence-corrected chi connectivity index (χ4v) is 1.32. The van der Waals surface area contributed by atoms with Gasteiger partial charge in [-0.2, -0.15) is 0 Å². The number of urea groups is 1. The van der Waals surface area contributed by atoms with E-state index in [0.717, 1.165) is 0 Å². The molecule has 0 saturated carbocycles. The summed E-state index contributed by atoms with van der Waals surface area (Å²) in [4.78, 5) is 13.6. The van der Waals surface area contributed by atoms with Crippen molar-refractivity contribution in [1.29, 1.82) is 0 Å². The number of anilines is 1. The van der Waals surface area contributed by atoms with Gasteiger partial charge in [-0.1, -0.05) is 6.07 Å². The molecule has 0 aliphatic rings. The summed E-state index contributed by atoms with van der Waals surface area (Å²) >= 11 is 0. The van der Waals surface area contributed by atoms with E-state index in [9.17, 15) is 4.79 Å². The lowest BCUT2D eigenvalue weighted by Crippen LogP contribution is -2.51. The topological polar surface area (TPSA) is 67.6 Å². The van der Waals surface area contributed by atoms with Crippen molar-refractivity contribution in [2.45, 2.75) is 19.4 Å². The van der Waals surface area contributed by atoms with Crippen LogP contribution in [0.25, 0.3) is 0 Å². The number of nitrogens with two attached hydrogens (primary N) is 1. The first-order valence-electron chi connectivity index (χ1n) is 5.79. The van der Waals surface area contributed by atoms with Crippen molar-refractivity contribution >= 4 is 11.7 Å². The first-order chi connectivity index (χ1) is 8.40. The number of carbonyl (C=O) groups excluding carboxylic acids is 1. The molecule has 0 heterocycles. The molecule has 0 saturated heterocycles. The molecule has 1 aromatic rings. The zero-order valence-corrected chi connectivity index (χ0v) is 11.4. The first kappa shape index (κ1) is 14.3. The van der Waals surface area contributed by atoms with Crippen LogP contribution in [0.2, 0.25) is 0 Å². The van der Waals surface area contributed by atoms with E-state index in [1.165, 1.54) is 0 Å². The minimum Gasteiger partial charge on any atom is -0.497 e. The molecule has 1 aromatic carbocycles. The van der Waals surface area contributed by atoms with Gasteiger partial charge in [0.05, 0.1) is 12.6 Å². The summed E-state index contributed by atoms with van der Waals surface area (Å²) in [5.41, 5.74) is 5.95. The molecule has 0 spiro atoms. The smallest absolute Gasteiger partial charge is 0.322 e. The molecule has 0 unspecified atom stereocenters. The molecule has 0 bridgehead atoms. The lowest BCUT2D eigenvalue weighted by atomic mass is 10.1. The van der Waals surface area contributed by atoms with Crippen molar-refractivity contribution in [3.05, 3.63) is 24.3 Å². The highest BCUT2D eigenvalue weighted by molar-refractivity contribution is 5.89. The number of likely N-dealkylation sites (N-methyl/N-ethyl adjacent to an activating group) is 1. The lowest BCUT2D eigenvalue weighted by molar-refractivity contribution is 0.172. The van der Waals surface area contributed by atoms with E-state index in [4.69, 9.17) is 10.5 Å². The van der Waals surface area contributed by atoms with Gasteiger partial charge in [0.25, 0.3) is 0 Å². The Bertz CT molecular complexity index is 418. The van der Waals surface area contributed by atoms with Crippen molar-refractivity contribution in [3.8, 4) is 5.75 Å². The number of methoxy groups -OCH3 is 1. The van der Waals surface area contributed by atoms with E-state index in [0.29, 0.717) is 18.0 Å². The number of amides is 2. The molecule has 2 amide bonds. The van der Waals surface area contributed by atoms with E-state index in [-0.39, 0.29) is 11.6 Å². The number of nitrogens with zero attached hydrogens (tertiary/aromatic N) is 1.